The van der Waals surface area contributed by atoms with Gasteiger partial charge in [0.2, 0.25) is 11.8 Å². The highest BCUT2D eigenvalue weighted by molar-refractivity contribution is 5.98. The highest BCUT2D eigenvalue weighted by atomic mass is 16.5. The third-order valence-electron chi connectivity index (χ3n) is 4.16. The van der Waals surface area contributed by atoms with E-state index in [-0.39, 0.29) is 17.7 Å². The fraction of sp³-hybridized carbons (Fsp3) is 0.500. The van der Waals surface area contributed by atoms with Gasteiger partial charge in [-0.1, -0.05) is 30.3 Å². The summed E-state index contributed by atoms with van der Waals surface area (Å²) in [6.45, 7) is 3.66. The Kier molecular flexibility index (Phi) is 4.31. The molecular formula is C16H20N2O3. The van der Waals surface area contributed by atoms with Crippen LogP contribution in [0.3, 0.4) is 0 Å². The first kappa shape index (κ1) is 14.2. The number of likely N-dealkylation sites (tertiary alicyclic amines) is 1. The number of rotatable bonds is 3. The second-order valence-electron chi connectivity index (χ2n) is 5.60. The van der Waals surface area contributed by atoms with E-state index in [1.54, 1.807) is 0 Å². The van der Waals surface area contributed by atoms with E-state index in [1.807, 2.05) is 30.3 Å². The maximum atomic E-state index is 12.3. The van der Waals surface area contributed by atoms with Crippen molar-refractivity contribution in [2.75, 3.05) is 39.4 Å². The van der Waals surface area contributed by atoms with Crippen LogP contribution in [0.1, 0.15) is 17.9 Å². The van der Waals surface area contributed by atoms with Crippen molar-refractivity contribution < 1.29 is 14.3 Å². The summed E-state index contributed by atoms with van der Waals surface area (Å²) in [5, 5.41) is 0. The Hall–Kier alpha value is -1.72. The van der Waals surface area contributed by atoms with E-state index >= 15 is 0 Å². The van der Waals surface area contributed by atoms with Crippen molar-refractivity contribution in [3.63, 3.8) is 0 Å². The maximum Gasteiger partial charge on any atom is 0.243 e. The second kappa shape index (κ2) is 6.37. The molecule has 2 fully saturated rings. The van der Waals surface area contributed by atoms with Crippen LogP contribution in [-0.2, 0) is 14.3 Å². The first-order chi connectivity index (χ1) is 10.2. The molecule has 0 bridgehead atoms. The van der Waals surface area contributed by atoms with Gasteiger partial charge in [0.15, 0.2) is 0 Å². The van der Waals surface area contributed by atoms with E-state index in [9.17, 15) is 9.59 Å². The smallest absolute Gasteiger partial charge is 0.243 e. The summed E-state index contributed by atoms with van der Waals surface area (Å²) >= 11 is 0. The molecule has 0 spiro atoms. The van der Waals surface area contributed by atoms with Gasteiger partial charge in [-0.25, -0.2) is 0 Å². The maximum absolute atomic E-state index is 12.3. The number of ether oxygens (including phenoxy) is 1. The van der Waals surface area contributed by atoms with Crippen LogP contribution in [0.4, 0.5) is 0 Å². The minimum Gasteiger partial charge on any atom is -0.379 e. The molecule has 0 saturated carbocycles. The van der Waals surface area contributed by atoms with Crippen LogP contribution in [0.15, 0.2) is 30.3 Å². The van der Waals surface area contributed by atoms with Gasteiger partial charge in [-0.05, 0) is 5.56 Å². The van der Waals surface area contributed by atoms with E-state index in [0.717, 1.165) is 18.7 Å². The van der Waals surface area contributed by atoms with E-state index in [1.165, 1.54) is 4.90 Å². The molecule has 0 aromatic heterocycles. The van der Waals surface area contributed by atoms with Gasteiger partial charge < -0.3 is 4.74 Å². The van der Waals surface area contributed by atoms with Crippen LogP contribution >= 0.6 is 0 Å². The Morgan fingerprint density at radius 1 is 1.19 bits per heavy atom. The van der Waals surface area contributed by atoms with Gasteiger partial charge in [-0.3, -0.25) is 19.4 Å². The molecule has 2 aliphatic rings. The summed E-state index contributed by atoms with van der Waals surface area (Å²) in [6, 6.07) is 9.94. The standard InChI is InChI=1S/C16H20N2O3/c19-15-10-14(13-4-2-1-3-5-13)11-18(15)16(20)12-17-6-8-21-9-7-17/h1-5,14H,6-12H2. The Morgan fingerprint density at radius 2 is 1.90 bits per heavy atom. The van der Waals surface area contributed by atoms with Gasteiger partial charge in [0.05, 0.1) is 19.8 Å². The Morgan fingerprint density at radius 3 is 2.62 bits per heavy atom. The first-order valence-corrected chi connectivity index (χ1v) is 7.42. The zero-order chi connectivity index (χ0) is 14.7. The normalized spacial score (nSPS) is 23.5. The molecule has 2 aliphatic heterocycles. The molecule has 5 heteroatoms. The number of hydrogen-bond acceptors (Lipinski definition) is 4. The van der Waals surface area contributed by atoms with Crippen molar-refractivity contribution in [1.82, 2.24) is 9.80 Å². The largest absolute Gasteiger partial charge is 0.379 e. The lowest BCUT2D eigenvalue weighted by Crippen LogP contribution is -2.45. The Bertz CT molecular complexity index is 512. The van der Waals surface area contributed by atoms with Gasteiger partial charge in [-0.15, -0.1) is 0 Å². The number of amides is 2. The van der Waals surface area contributed by atoms with Crippen LogP contribution < -0.4 is 0 Å². The number of carbonyl (C=O) groups is 2. The van der Waals surface area contributed by atoms with E-state index in [2.05, 4.69) is 4.90 Å². The van der Waals surface area contributed by atoms with Gasteiger partial charge in [0, 0.05) is 32.0 Å². The second-order valence-corrected chi connectivity index (χ2v) is 5.60. The lowest BCUT2D eigenvalue weighted by atomic mass is 9.99. The van der Waals surface area contributed by atoms with E-state index in [4.69, 9.17) is 4.74 Å². The molecule has 2 saturated heterocycles. The fourth-order valence-corrected chi connectivity index (χ4v) is 2.93. The average molecular weight is 288 g/mol. The van der Waals surface area contributed by atoms with Crippen molar-refractivity contribution in [3.05, 3.63) is 35.9 Å². The highest BCUT2D eigenvalue weighted by Gasteiger charge is 2.35. The molecule has 2 amide bonds. The third-order valence-corrected chi connectivity index (χ3v) is 4.16. The number of benzene rings is 1. The molecule has 0 N–H and O–H groups in total. The number of morpholine rings is 1. The molecule has 0 aliphatic carbocycles. The zero-order valence-corrected chi connectivity index (χ0v) is 12.0. The molecule has 3 rings (SSSR count). The number of carbonyl (C=O) groups excluding carboxylic acids is 2. The highest BCUT2D eigenvalue weighted by Crippen LogP contribution is 2.28. The molecular weight excluding hydrogens is 268 g/mol. The number of nitrogens with zero attached hydrogens (tertiary/aromatic N) is 2. The minimum atomic E-state index is -0.0830. The van der Waals surface area contributed by atoms with Crippen molar-refractivity contribution in [3.8, 4) is 0 Å². The summed E-state index contributed by atoms with van der Waals surface area (Å²) in [7, 11) is 0. The Labute approximate surface area is 124 Å². The lowest BCUT2D eigenvalue weighted by Gasteiger charge is -2.27. The van der Waals surface area contributed by atoms with Crippen LogP contribution in [0.5, 0.6) is 0 Å². The van der Waals surface area contributed by atoms with E-state index < -0.39 is 0 Å². The molecule has 5 nitrogen and oxygen atoms in total. The molecule has 1 aromatic carbocycles. The SMILES string of the molecule is O=C1CC(c2ccccc2)CN1C(=O)CN1CCOCC1. The molecule has 1 aromatic rings. The van der Waals surface area contributed by atoms with Crippen molar-refractivity contribution in [2.45, 2.75) is 12.3 Å². The van der Waals surface area contributed by atoms with Gasteiger partial charge in [-0.2, -0.15) is 0 Å². The average Bonchev–Trinajstić information content (AvgIpc) is 2.91. The molecule has 2 heterocycles. The van der Waals surface area contributed by atoms with Crippen LogP contribution in [-0.4, -0.2) is 61.0 Å². The fourth-order valence-electron chi connectivity index (χ4n) is 2.93. The quantitative estimate of drug-likeness (QED) is 0.828. The molecule has 0 radical (unpaired) electrons. The third kappa shape index (κ3) is 3.31. The van der Waals surface area contributed by atoms with Gasteiger partial charge in [0.1, 0.15) is 0 Å². The van der Waals surface area contributed by atoms with Crippen molar-refractivity contribution in [2.24, 2.45) is 0 Å². The summed E-state index contributed by atoms with van der Waals surface area (Å²) in [6.07, 6.45) is 0.429. The van der Waals surface area contributed by atoms with Crippen molar-refractivity contribution in [1.29, 1.82) is 0 Å². The molecule has 1 unspecified atom stereocenters. The van der Waals surface area contributed by atoms with Crippen LogP contribution in [0, 0.1) is 0 Å². The van der Waals surface area contributed by atoms with Gasteiger partial charge in [0.25, 0.3) is 0 Å². The predicted octanol–water partition coefficient (Wildman–Crippen LogP) is 0.861. The monoisotopic (exact) mass is 288 g/mol. The van der Waals surface area contributed by atoms with Gasteiger partial charge >= 0.3 is 0 Å². The molecule has 1 atom stereocenters. The number of imide groups is 1. The van der Waals surface area contributed by atoms with Crippen molar-refractivity contribution >= 4 is 11.8 Å². The van der Waals surface area contributed by atoms with Crippen LogP contribution in [0.25, 0.3) is 0 Å². The van der Waals surface area contributed by atoms with E-state index in [0.29, 0.717) is 32.7 Å². The summed E-state index contributed by atoms with van der Waals surface area (Å²) in [4.78, 5) is 27.9. The first-order valence-electron chi connectivity index (χ1n) is 7.42. The lowest BCUT2D eigenvalue weighted by molar-refractivity contribution is -0.143. The summed E-state index contributed by atoms with van der Waals surface area (Å²) in [5.74, 6) is -0.00483. The summed E-state index contributed by atoms with van der Waals surface area (Å²) < 4.78 is 5.27. The molecule has 21 heavy (non-hydrogen) atoms. The topological polar surface area (TPSA) is 49.9 Å². The van der Waals surface area contributed by atoms with Crippen LogP contribution in [0.2, 0.25) is 0 Å². The minimum absolute atomic E-state index is 0.0536. The zero-order valence-electron chi connectivity index (χ0n) is 12.0. The predicted molar refractivity (Wildman–Crippen MR) is 77.8 cm³/mol. The summed E-state index contributed by atoms with van der Waals surface area (Å²) in [5.41, 5.74) is 1.13. The Balaban J connectivity index is 1.60. The molecule has 112 valence electrons. The number of hydrogen-bond donors (Lipinski definition) is 0.